The van der Waals surface area contributed by atoms with Crippen LogP contribution in [0.4, 0.5) is 0 Å². The van der Waals surface area contributed by atoms with Gasteiger partial charge in [0.1, 0.15) is 0 Å². The zero-order valence-electron chi connectivity index (χ0n) is 20.9. The van der Waals surface area contributed by atoms with Gasteiger partial charge in [-0.15, -0.1) is 0 Å². The highest BCUT2D eigenvalue weighted by molar-refractivity contribution is 5.96. The highest BCUT2D eigenvalue weighted by Gasteiger charge is 2.33. The Bertz CT molecular complexity index is 1460. The van der Waals surface area contributed by atoms with Gasteiger partial charge in [0.15, 0.2) is 5.69 Å². The molecule has 0 fully saturated rings. The van der Waals surface area contributed by atoms with Gasteiger partial charge in [-0.2, -0.15) is 5.10 Å². The number of benzene rings is 2. The van der Waals surface area contributed by atoms with Crippen LogP contribution in [0.1, 0.15) is 54.5 Å². The summed E-state index contributed by atoms with van der Waals surface area (Å²) < 4.78 is 1.91. The molecule has 6 rings (SSSR count). The standard InChI is InChI=1S/C30H29N5O2/c1-21-9-11-23(12-10-21)29(36)34-17-14-27-26(20-34)28(32-35(27)19-25-8-4-5-15-31-25)30(37)33-16-13-22-6-2-3-7-24(22)18-33/h2-12,15H,13-14,16-20H2,1H3. The molecule has 0 saturated heterocycles. The lowest BCUT2D eigenvalue weighted by Crippen LogP contribution is -2.39. The third-order valence-electron chi connectivity index (χ3n) is 7.38. The van der Waals surface area contributed by atoms with Crippen molar-refractivity contribution in [3.63, 3.8) is 0 Å². The van der Waals surface area contributed by atoms with E-state index in [1.165, 1.54) is 11.1 Å². The predicted octanol–water partition coefficient (Wildman–Crippen LogP) is 4.03. The number of amides is 2. The quantitative estimate of drug-likeness (QED) is 0.432. The Morgan fingerprint density at radius 3 is 2.32 bits per heavy atom. The first-order valence-corrected chi connectivity index (χ1v) is 12.8. The Morgan fingerprint density at radius 1 is 0.811 bits per heavy atom. The average Bonchev–Trinajstić information content (AvgIpc) is 3.30. The van der Waals surface area contributed by atoms with Crippen molar-refractivity contribution in [2.75, 3.05) is 13.1 Å². The smallest absolute Gasteiger partial charge is 0.275 e. The number of aromatic nitrogens is 3. The molecule has 2 aromatic carbocycles. The molecule has 37 heavy (non-hydrogen) atoms. The second-order valence-corrected chi connectivity index (χ2v) is 9.84. The lowest BCUT2D eigenvalue weighted by molar-refractivity contribution is 0.0703. The van der Waals surface area contributed by atoms with E-state index in [1.54, 1.807) is 6.20 Å². The van der Waals surface area contributed by atoms with Gasteiger partial charge in [-0.05, 0) is 48.7 Å². The fourth-order valence-electron chi connectivity index (χ4n) is 5.31. The van der Waals surface area contributed by atoms with Gasteiger partial charge in [-0.3, -0.25) is 19.3 Å². The number of pyridine rings is 1. The number of hydrogen-bond donors (Lipinski definition) is 0. The van der Waals surface area contributed by atoms with E-state index in [-0.39, 0.29) is 11.8 Å². The minimum Gasteiger partial charge on any atom is -0.334 e. The molecule has 2 amide bonds. The van der Waals surface area contributed by atoms with Crippen LogP contribution in [-0.2, 0) is 32.5 Å². The molecule has 0 aliphatic carbocycles. The van der Waals surface area contributed by atoms with Crippen molar-refractivity contribution in [1.82, 2.24) is 24.6 Å². The van der Waals surface area contributed by atoms with Crippen LogP contribution in [0, 0.1) is 6.92 Å². The normalized spacial score (nSPS) is 14.7. The summed E-state index contributed by atoms with van der Waals surface area (Å²) in [6, 6.07) is 21.7. The van der Waals surface area contributed by atoms with E-state index in [0.29, 0.717) is 50.4 Å². The summed E-state index contributed by atoms with van der Waals surface area (Å²) in [6.45, 7) is 4.68. The number of rotatable bonds is 4. The minimum absolute atomic E-state index is 0.0200. The number of hydrogen-bond acceptors (Lipinski definition) is 4. The van der Waals surface area contributed by atoms with E-state index in [0.717, 1.165) is 28.9 Å². The lowest BCUT2D eigenvalue weighted by Gasteiger charge is -2.30. The first-order valence-electron chi connectivity index (χ1n) is 12.8. The van der Waals surface area contributed by atoms with Gasteiger partial charge in [0.2, 0.25) is 0 Å². The molecule has 7 heteroatoms. The highest BCUT2D eigenvalue weighted by atomic mass is 16.2. The number of carbonyl (C=O) groups is 2. The first kappa shape index (κ1) is 23.2. The third-order valence-corrected chi connectivity index (χ3v) is 7.38. The van der Waals surface area contributed by atoms with Gasteiger partial charge in [-0.1, -0.05) is 48.0 Å². The molecule has 0 bridgehead atoms. The molecule has 7 nitrogen and oxygen atoms in total. The lowest BCUT2D eigenvalue weighted by atomic mass is 9.98. The Hall–Kier alpha value is -4.26. The summed E-state index contributed by atoms with van der Waals surface area (Å²) in [5.74, 6) is -0.0939. The molecule has 0 spiro atoms. The van der Waals surface area contributed by atoms with E-state index in [9.17, 15) is 9.59 Å². The van der Waals surface area contributed by atoms with E-state index in [4.69, 9.17) is 5.10 Å². The SMILES string of the molecule is Cc1ccc(C(=O)N2CCc3c(c(C(=O)N4CCc5ccccc5C4)nn3Cc3ccccn3)C2)cc1. The average molecular weight is 492 g/mol. The first-order chi connectivity index (χ1) is 18.1. The number of carbonyl (C=O) groups excluding carboxylic acids is 2. The van der Waals surface area contributed by atoms with Crippen molar-refractivity contribution in [2.45, 2.75) is 39.4 Å². The van der Waals surface area contributed by atoms with Crippen LogP contribution in [0.5, 0.6) is 0 Å². The molecule has 0 radical (unpaired) electrons. The van der Waals surface area contributed by atoms with Crippen molar-refractivity contribution in [3.05, 3.63) is 118 Å². The van der Waals surface area contributed by atoms with Gasteiger partial charge in [0.05, 0.1) is 18.8 Å². The Morgan fingerprint density at radius 2 is 1.54 bits per heavy atom. The maximum absolute atomic E-state index is 13.9. The zero-order chi connectivity index (χ0) is 25.4. The summed E-state index contributed by atoms with van der Waals surface area (Å²) in [5, 5.41) is 4.84. The van der Waals surface area contributed by atoms with Crippen molar-refractivity contribution in [3.8, 4) is 0 Å². The number of aryl methyl sites for hydroxylation is 1. The topological polar surface area (TPSA) is 71.3 Å². The molecular weight excluding hydrogens is 462 g/mol. The second-order valence-electron chi connectivity index (χ2n) is 9.84. The second kappa shape index (κ2) is 9.65. The molecule has 0 saturated carbocycles. The Balaban J connectivity index is 1.33. The van der Waals surface area contributed by atoms with E-state index < -0.39 is 0 Å². The predicted molar refractivity (Wildman–Crippen MR) is 140 cm³/mol. The van der Waals surface area contributed by atoms with E-state index in [1.807, 2.05) is 76.0 Å². The number of fused-ring (bicyclic) bond motifs is 2. The van der Waals surface area contributed by atoms with Crippen LogP contribution in [-0.4, -0.2) is 49.5 Å². The third kappa shape index (κ3) is 4.53. The molecule has 186 valence electrons. The van der Waals surface area contributed by atoms with Crippen molar-refractivity contribution >= 4 is 11.8 Å². The summed E-state index contributed by atoms with van der Waals surface area (Å²) in [7, 11) is 0. The molecule has 4 aromatic rings. The monoisotopic (exact) mass is 491 g/mol. The summed E-state index contributed by atoms with van der Waals surface area (Å²) >= 11 is 0. The van der Waals surface area contributed by atoms with Crippen LogP contribution < -0.4 is 0 Å². The Labute approximate surface area is 216 Å². The molecule has 2 aliphatic heterocycles. The summed E-state index contributed by atoms with van der Waals surface area (Å²) in [6.07, 6.45) is 3.24. The number of nitrogens with zero attached hydrogens (tertiary/aromatic N) is 5. The van der Waals surface area contributed by atoms with Crippen LogP contribution in [0.25, 0.3) is 0 Å². The van der Waals surface area contributed by atoms with Gasteiger partial charge in [0, 0.05) is 49.1 Å². The highest BCUT2D eigenvalue weighted by Crippen LogP contribution is 2.28. The van der Waals surface area contributed by atoms with E-state index in [2.05, 4.69) is 17.1 Å². The zero-order valence-corrected chi connectivity index (χ0v) is 20.9. The van der Waals surface area contributed by atoms with Gasteiger partial charge >= 0.3 is 0 Å². The Kier molecular flexibility index (Phi) is 6.04. The fourth-order valence-corrected chi connectivity index (χ4v) is 5.31. The minimum atomic E-state index is -0.0739. The van der Waals surface area contributed by atoms with Crippen LogP contribution in [0.3, 0.4) is 0 Å². The maximum atomic E-state index is 13.9. The van der Waals surface area contributed by atoms with Crippen LogP contribution in [0.15, 0.2) is 72.9 Å². The van der Waals surface area contributed by atoms with Gasteiger partial charge < -0.3 is 9.80 Å². The van der Waals surface area contributed by atoms with Gasteiger partial charge in [0.25, 0.3) is 11.8 Å². The van der Waals surface area contributed by atoms with E-state index >= 15 is 0 Å². The van der Waals surface area contributed by atoms with Crippen molar-refractivity contribution < 1.29 is 9.59 Å². The van der Waals surface area contributed by atoms with Crippen LogP contribution in [0.2, 0.25) is 0 Å². The summed E-state index contributed by atoms with van der Waals surface area (Å²) in [5.41, 5.74) is 7.46. The maximum Gasteiger partial charge on any atom is 0.275 e. The molecule has 2 aliphatic rings. The fraction of sp³-hybridized carbons (Fsp3) is 0.267. The van der Waals surface area contributed by atoms with Gasteiger partial charge in [-0.25, -0.2) is 0 Å². The molecular formula is C30H29N5O2. The summed E-state index contributed by atoms with van der Waals surface area (Å²) in [4.78, 5) is 35.4. The van der Waals surface area contributed by atoms with Crippen LogP contribution >= 0.6 is 0 Å². The largest absolute Gasteiger partial charge is 0.334 e. The molecule has 4 heterocycles. The van der Waals surface area contributed by atoms with Crippen molar-refractivity contribution in [1.29, 1.82) is 0 Å². The molecule has 2 aromatic heterocycles. The van der Waals surface area contributed by atoms with Crippen molar-refractivity contribution in [2.24, 2.45) is 0 Å². The molecule has 0 N–H and O–H groups in total. The molecule has 0 unspecified atom stereocenters. The molecule has 0 atom stereocenters.